The standard InChI is InChI=1S/C17H18N4O2/c22-17(19-12-16-7-4-10-23-16)18-9-8-14-11-20-21(13-14)15-5-2-1-3-6-15/h1-7,10-11,13H,8-9,12H2,(H2,18,19,22). The van der Waals surface area contributed by atoms with Crippen LogP contribution in [0.5, 0.6) is 0 Å². The van der Waals surface area contributed by atoms with E-state index in [0.717, 1.165) is 23.4 Å². The Morgan fingerprint density at radius 1 is 1.13 bits per heavy atom. The second-order valence-electron chi connectivity index (χ2n) is 5.07. The largest absolute Gasteiger partial charge is 0.467 e. The fraction of sp³-hybridized carbons (Fsp3) is 0.176. The minimum Gasteiger partial charge on any atom is -0.467 e. The number of carbonyl (C=O) groups is 1. The van der Waals surface area contributed by atoms with Gasteiger partial charge < -0.3 is 15.1 Å². The number of urea groups is 1. The number of amides is 2. The summed E-state index contributed by atoms with van der Waals surface area (Å²) in [4.78, 5) is 11.7. The molecule has 2 N–H and O–H groups in total. The first kappa shape index (κ1) is 14.9. The third-order valence-corrected chi connectivity index (χ3v) is 3.36. The van der Waals surface area contributed by atoms with Crippen LogP contribution in [0.3, 0.4) is 0 Å². The van der Waals surface area contributed by atoms with E-state index in [-0.39, 0.29) is 6.03 Å². The molecule has 0 aliphatic rings. The van der Waals surface area contributed by atoms with Crippen LogP contribution in [0, 0.1) is 0 Å². The van der Waals surface area contributed by atoms with E-state index in [1.807, 2.05) is 53.5 Å². The molecule has 0 saturated carbocycles. The van der Waals surface area contributed by atoms with Crippen molar-refractivity contribution in [1.82, 2.24) is 20.4 Å². The van der Waals surface area contributed by atoms with Gasteiger partial charge in [-0.05, 0) is 36.2 Å². The van der Waals surface area contributed by atoms with E-state index >= 15 is 0 Å². The van der Waals surface area contributed by atoms with Gasteiger partial charge in [-0.2, -0.15) is 5.10 Å². The SMILES string of the molecule is O=C(NCCc1cnn(-c2ccccc2)c1)NCc1ccco1. The lowest BCUT2D eigenvalue weighted by Gasteiger charge is -2.05. The van der Waals surface area contributed by atoms with Crippen molar-refractivity contribution in [2.45, 2.75) is 13.0 Å². The Labute approximate surface area is 134 Å². The van der Waals surface area contributed by atoms with Gasteiger partial charge in [-0.25, -0.2) is 9.48 Å². The topological polar surface area (TPSA) is 72.1 Å². The summed E-state index contributed by atoms with van der Waals surface area (Å²) in [5.41, 5.74) is 2.09. The van der Waals surface area contributed by atoms with E-state index in [9.17, 15) is 4.79 Å². The number of furan rings is 1. The average molecular weight is 310 g/mol. The van der Waals surface area contributed by atoms with Crippen LogP contribution >= 0.6 is 0 Å². The molecule has 23 heavy (non-hydrogen) atoms. The van der Waals surface area contributed by atoms with Crippen molar-refractivity contribution in [3.8, 4) is 5.69 Å². The maximum absolute atomic E-state index is 11.7. The highest BCUT2D eigenvalue weighted by Crippen LogP contribution is 2.07. The number of rotatable bonds is 6. The molecule has 2 amide bonds. The zero-order valence-electron chi connectivity index (χ0n) is 12.6. The molecule has 0 fully saturated rings. The molecule has 1 aromatic carbocycles. The fourth-order valence-corrected chi connectivity index (χ4v) is 2.17. The van der Waals surface area contributed by atoms with E-state index in [0.29, 0.717) is 13.1 Å². The number of nitrogens with zero attached hydrogens (tertiary/aromatic N) is 2. The number of nitrogens with one attached hydrogen (secondary N) is 2. The van der Waals surface area contributed by atoms with E-state index in [4.69, 9.17) is 4.42 Å². The lowest BCUT2D eigenvalue weighted by Crippen LogP contribution is -2.36. The molecule has 3 rings (SSSR count). The normalized spacial score (nSPS) is 10.4. The summed E-state index contributed by atoms with van der Waals surface area (Å²) in [5.74, 6) is 0.726. The van der Waals surface area contributed by atoms with Crippen molar-refractivity contribution in [2.24, 2.45) is 0 Å². The summed E-state index contributed by atoms with van der Waals surface area (Å²) in [7, 11) is 0. The summed E-state index contributed by atoms with van der Waals surface area (Å²) >= 11 is 0. The molecule has 118 valence electrons. The van der Waals surface area contributed by atoms with Crippen molar-refractivity contribution < 1.29 is 9.21 Å². The highest BCUT2D eigenvalue weighted by atomic mass is 16.3. The average Bonchev–Trinajstić information content (AvgIpc) is 3.26. The summed E-state index contributed by atoms with van der Waals surface area (Å²) in [5, 5.41) is 9.88. The summed E-state index contributed by atoms with van der Waals surface area (Å²) in [6, 6.07) is 13.3. The summed E-state index contributed by atoms with van der Waals surface area (Å²) < 4.78 is 6.97. The number of carbonyl (C=O) groups excluding carboxylic acids is 1. The minimum absolute atomic E-state index is 0.211. The molecule has 0 atom stereocenters. The van der Waals surface area contributed by atoms with Crippen LogP contribution in [-0.2, 0) is 13.0 Å². The van der Waals surface area contributed by atoms with Gasteiger partial charge in [0.15, 0.2) is 0 Å². The smallest absolute Gasteiger partial charge is 0.315 e. The van der Waals surface area contributed by atoms with Crippen LogP contribution in [0.2, 0.25) is 0 Å². The van der Waals surface area contributed by atoms with Gasteiger partial charge in [0, 0.05) is 12.7 Å². The minimum atomic E-state index is -0.211. The molecule has 0 spiro atoms. The van der Waals surface area contributed by atoms with Gasteiger partial charge in [0.25, 0.3) is 0 Å². The molecule has 0 aliphatic carbocycles. The molecular formula is C17H18N4O2. The van der Waals surface area contributed by atoms with Crippen molar-refractivity contribution in [1.29, 1.82) is 0 Å². The van der Waals surface area contributed by atoms with Crippen LogP contribution in [0.1, 0.15) is 11.3 Å². The molecule has 0 bridgehead atoms. The van der Waals surface area contributed by atoms with Crippen molar-refractivity contribution >= 4 is 6.03 Å². The van der Waals surface area contributed by atoms with Crippen LogP contribution in [0.4, 0.5) is 4.79 Å². The fourth-order valence-electron chi connectivity index (χ4n) is 2.17. The maximum Gasteiger partial charge on any atom is 0.315 e. The molecule has 3 aromatic rings. The number of hydrogen-bond acceptors (Lipinski definition) is 3. The second kappa shape index (κ2) is 7.31. The Bertz CT molecular complexity index is 735. The van der Waals surface area contributed by atoms with E-state index in [1.165, 1.54) is 0 Å². The Kier molecular flexibility index (Phi) is 4.73. The van der Waals surface area contributed by atoms with Crippen LogP contribution < -0.4 is 10.6 Å². The summed E-state index contributed by atoms with van der Waals surface area (Å²) in [6.45, 7) is 0.926. The van der Waals surface area contributed by atoms with E-state index < -0.39 is 0 Å². The molecule has 2 heterocycles. The molecule has 0 unspecified atom stereocenters. The lowest BCUT2D eigenvalue weighted by atomic mass is 10.2. The van der Waals surface area contributed by atoms with Crippen molar-refractivity contribution in [3.05, 3.63) is 72.4 Å². The van der Waals surface area contributed by atoms with Gasteiger partial charge in [-0.3, -0.25) is 0 Å². The molecule has 6 nitrogen and oxygen atoms in total. The third-order valence-electron chi connectivity index (χ3n) is 3.36. The molecule has 0 aliphatic heterocycles. The van der Waals surface area contributed by atoms with Crippen LogP contribution in [0.25, 0.3) is 5.69 Å². The van der Waals surface area contributed by atoms with Crippen LogP contribution in [-0.4, -0.2) is 22.4 Å². The highest BCUT2D eigenvalue weighted by molar-refractivity contribution is 5.73. The van der Waals surface area contributed by atoms with Gasteiger partial charge in [0.1, 0.15) is 5.76 Å². The molecular weight excluding hydrogens is 292 g/mol. The van der Waals surface area contributed by atoms with Crippen molar-refractivity contribution in [2.75, 3.05) is 6.54 Å². The predicted octanol–water partition coefficient (Wildman–Crippen LogP) is 2.51. The Balaban J connectivity index is 1.42. The summed E-state index contributed by atoms with van der Waals surface area (Å²) in [6.07, 6.45) is 6.09. The maximum atomic E-state index is 11.7. The van der Waals surface area contributed by atoms with Gasteiger partial charge >= 0.3 is 6.03 Å². The number of hydrogen-bond donors (Lipinski definition) is 2. The van der Waals surface area contributed by atoms with Gasteiger partial charge in [-0.1, -0.05) is 18.2 Å². The van der Waals surface area contributed by atoms with Gasteiger partial charge in [-0.15, -0.1) is 0 Å². The first-order valence-electron chi connectivity index (χ1n) is 7.44. The quantitative estimate of drug-likeness (QED) is 0.735. The molecule has 2 aromatic heterocycles. The third kappa shape index (κ3) is 4.23. The second-order valence-corrected chi connectivity index (χ2v) is 5.07. The molecule has 6 heteroatoms. The zero-order valence-corrected chi connectivity index (χ0v) is 12.6. The Morgan fingerprint density at radius 2 is 2.00 bits per heavy atom. The molecule has 0 radical (unpaired) electrons. The van der Waals surface area contributed by atoms with Gasteiger partial charge in [0.05, 0.1) is 24.7 Å². The predicted molar refractivity (Wildman–Crippen MR) is 86.2 cm³/mol. The Hall–Kier alpha value is -3.02. The lowest BCUT2D eigenvalue weighted by molar-refractivity contribution is 0.239. The van der Waals surface area contributed by atoms with Crippen LogP contribution in [0.15, 0.2) is 65.5 Å². The number of para-hydroxylation sites is 1. The zero-order chi connectivity index (χ0) is 15.9. The van der Waals surface area contributed by atoms with E-state index in [2.05, 4.69) is 15.7 Å². The van der Waals surface area contributed by atoms with Crippen molar-refractivity contribution in [3.63, 3.8) is 0 Å². The number of benzene rings is 1. The van der Waals surface area contributed by atoms with E-state index in [1.54, 1.807) is 12.3 Å². The first-order chi connectivity index (χ1) is 11.3. The monoisotopic (exact) mass is 310 g/mol. The van der Waals surface area contributed by atoms with Gasteiger partial charge in [0.2, 0.25) is 0 Å². The first-order valence-corrected chi connectivity index (χ1v) is 7.44. The highest BCUT2D eigenvalue weighted by Gasteiger charge is 2.03. The number of aromatic nitrogens is 2. The molecule has 0 saturated heterocycles. The Morgan fingerprint density at radius 3 is 2.78 bits per heavy atom.